The largest absolute Gasteiger partial charge is 0.399 e. The van der Waals surface area contributed by atoms with Crippen LogP contribution in [0.2, 0.25) is 0 Å². The molecule has 4 nitrogen and oxygen atoms in total. The molecule has 18 heavy (non-hydrogen) atoms. The van der Waals surface area contributed by atoms with Gasteiger partial charge in [-0.15, -0.1) is 11.8 Å². The minimum Gasteiger partial charge on any atom is -0.399 e. The summed E-state index contributed by atoms with van der Waals surface area (Å²) in [5, 5.41) is 9.73. The molecular formula is C12H18BrNO3S. The third-order valence-corrected chi connectivity index (χ3v) is 4.27. The van der Waals surface area contributed by atoms with Gasteiger partial charge in [-0.3, -0.25) is 0 Å². The van der Waals surface area contributed by atoms with Gasteiger partial charge in [0.1, 0.15) is 0 Å². The van der Waals surface area contributed by atoms with Crippen molar-refractivity contribution in [2.24, 2.45) is 0 Å². The Labute approximate surface area is 120 Å². The molecule has 0 aromatic heterocycles. The molecule has 0 bridgehead atoms. The van der Waals surface area contributed by atoms with E-state index in [1.807, 2.05) is 18.2 Å². The van der Waals surface area contributed by atoms with Crippen LogP contribution < -0.4 is 5.73 Å². The second kappa shape index (κ2) is 8.77. The number of aliphatic hydroxyl groups excluding tert-OH is 1. The highest BCUT2D eigenvalue weighted by atomic mass is 79.9. The van der Waals surface area contributed by atoms with Crippen molar-refractivity contribution < 1.29 is 14.6 Å². The number of aliphatic hydroxyl groups is 1. The number of ether oxygens (including phenoxy) is 2. The smallest absolute Gasteiger partial charge is 0.0867 e. The molecule has 1 atom stereocenters. The number of anilines is 1. The van der Waals surface area contributed by atoms with Crippen molar-refractivity contribution in [1.82, 2.24) is 0 Å². The van der Waals surface area contributed by atoms with Gasteiger partial charge in [0.25, 0.3) is 0 Å². The van der Waals surface area contributed by atoms with Crippen LogP contribution in [0.1, 0.15) is 0 Å². The number of halogens is 1. The van der Waals surface area contributed by atoms with Crippen LogP contribution in [0.15, 0.2) is 27.6 Å². The standard InChI is InChI=1S/C12H18BrNO3S/c1-16-4-5-17-7-10(15)8-18-12-3-2-9(14)6-11(12)13/h2-3,6,10,15H,4-5,7-8,14H2,1H3. The fraction of sp³-hybridized carbons (Fsp3) is 0.500. The second-order valence-corrected chi connectivity index (χ2v) is 5.64. The van der Waals surface area contributed by atoms with E-state index in [9.17, 15) is 5.11 Å². The molecule has 3 N–H and O–H groups in total. The summed E-state index contributed by atoms with van der Waals surface area (Å²) in [7, 11) is 1.62. The SMILES string of the molecule is COCCOCC(O)CSc1ccc(N)cc1Br. The lowest BCUT2D eigenvalue weighted by molar-refractivity contribution is 0.0218. The lowest BCUT2D eigenvalue weighted by atomic mass is 10.3. The highest BCUT2D eigenvalue weighted by Crippen LogP contribution is 2.29. The summed E-state index contributed by atoms with van der Waals surface area (Å²) < 4.78 is 11.0. The number of nitrogen functional groups attached to an aromatic ring is 1. The van der Waals surface area contributed by atoms with Gasteiger partial charge in [0, 0.05) is 27.9 Å². The molecule has 0 saturated carbocycles. The summed E-state index contributed by atoms with van der Waals surface area (Å²) in [6, 6.07) is 5.63. The molecule has 1 rings (SSSR count). The highest BCUT2D eigenvalue weighted by molar-refractivity contribution is 9.10. The summed E-state index contributed by atoms with van der Waals surface area (Å²) in [5.41, 5.74) is 6.37. The molecule has 0 saturated heterocycles. The Kier molecular flexibility index (Phi) is 7.69. The van der Waals surface area contributed by atoms with Crippen LogP contribution in [-0.2, 0) is 9.47 Å². The molecule has 0 aliphatic carbocycles. The predicted octanol–water partition coefficient (Wildman–Crippen LogP) is 2.15. The van der Waals surface area contributed by atoms with Crippen molar-refractivity contribution in [2.75, 3.05) is 38.4 Å². The van der Waals surface area contributed by atoms with E-state index in [0.29, 0.717) is 25.6 Å². The average molecular weight is 336 g/mol. The number of methoxy groups -OCH3 is 1. The quantitative estimate of drug-likeness (QED) is 0.433. The van der Waals surface area contributed by atoms with E-state index in [-0.39, 0.29) is 0 Å². The first-order valence-electron chi connectivity index (χ1n) is 5.56. The van der Waals surface area contributed by atoms with Gasteiger partial charge in [-0.05, 0) is 34.1 Å². The first kappa shape index (κ1) is 15.8. The van der Waals surface area contributed by atoms with Gasteiger partial charge in [0.15, 0.2) is 0 Å². The normalized spacial score (nSPS) is 12.6. The molecule has 1 unspecified atom stereocenters. The van der Waals surface area contributed by atoms with Crippen molar-refractivity contribution in [3.8, 4) is 0 Å². The Morgan fingerprint density at radius 1 is 1.44 bits per heavy atom. The second-order valence-electron chi connectivity index (χ2n) is 3.72. The Bertz CT molecular complexity index is 365. The molecule has 0 radical (unpaired) electrons. The van der Waals surface area contributed by atoms with E-state index >= 15 is 0 Å². The van der Waals surface area contributed by atoms with Gasteiger partial charge >= 0.3 is 0 Å². The zero-order chi connectivity index (χ0) is 13.4. The molecule has 1 aromatic carbocycles. The zero-order valence-electron chi connectivity index (χ0n) is 10.3. The maximum Gasteiger partial charge on any atom is 0.0867 e. The molecule has 6 heteroatoms. The van der Waals surface area contributed by atoms with Gasteiger partial charge in [0.2, 0.25) is 0 Å². The van der Waals surface area contributed by atoms with Crippen molar-refractivity contribution in [3.05, 3.63) is 22.7 Å². The molecule has 0 spiro atoms. The molecule has 0 amide bonds. The summed E-state index contributed by atoms with van der Waals surface area (Å²) in [4.78, 5) is 1.06. The van der Waals surface area contributed by atoms with Gasteiger partial charge in [0.05, 0.1) is 25.9 Å². The molecular weight excluding hydrogens is 318 g/mol. The Balaban J connectivity index is 2.27. The number of hydrogen-bond acceptors (Lipinski definition) is 5. The molecule has 0 fully saturated rings. The third-order valence-electron chi connectivity index (χ3n) is 2.13. The molecule has 1 aromatic rings. The lowest BCUT2D eigenvalue weighted by Crippen LogP contribution is -2.19. The third kappa shape index (κ3) is 6.06. The Hall–Kier alpha value is -0.270. The van der Waals surface area contributed by atoms with Crippen molar-refractivity contribution >= 4 is 33.4 Å². The molecule has 0 aliphatic rings. The van der Waals surface area contributed by atoms with Crippen molar-refractivity contribution in [1.29, 1.82) is 0 Å². The van der Waals surface area contributed by atoms with Crippen LogP contribution in [-0.4, -0.2) is 43.9 Å². The molecule has 0 heterocycles. The fourth-order valence-corrected chi connectivity index (χ4v) is 2.80. The van der Waals surface area contributed by atoms with Crippen LogP contribution in [0.3, 0.4) is 0 Å². The highest BCUT2D eigenvalue weighted by Gasteiger charge is 2.07. The van der Waals surface area contributed by atoms with Crippen LogP contribution in [0.4, 0.5) is 5.69 Å². The maximum atomic E-state index is 9.73. The topological polar surface area (TPSA) is 64.7 Å². The maximum absolute atomic E-state index is 9.73. The Morgan fingerprint density at radius 3 is 2.89 bits per heavy atom. The van der Waals surface area contributed by atoms with E-state index in [1.54, 1.807) is 18.9 Å². The van der Waals surface area contributed by atoms with Gasteiger partial charge in [-0.2, -0.15) is 0 Å². The van der Waals surface area contributed by atoms with Crippen LogP contribution >= 0.6 is 27.7 Å². The first-order valence-corrected chi connectivity index (χ1v) is 7.34. The van der Waals surface area contributed by atoms with Crippen LogP contribution in [0.25, 0.3) is 0 Å². The average Bonchev–Trinajstić information content (AvgIpc) is 2.33. The van der Waals surface area contributed by atoms with Crippen molar-refractivity contribution in [2.45, 2.75) is 11.0 Å². The number of nitrogens with two attached hydrogens (primary N) is 1. The summed E-state index contributed by atoms with van der Waals surface area (Å²) in [6.45, 7) is 1.37. The predicted molar refractivity (Wildman–Crippen MR) is 78.0 cm³/mol. The number of hydrogen-bond donors (Lipinski definition) is 2. The minimum absolute atomic E-state index is 0.322. The summed E-state index contributed by atoms with van der Waals surface area (Å²) in [5.74, 6) is 0.579. The van der Waals surface area contributed by atoms with Crippen LogP contribution in [0, 0.1) is 0 Å². The molecule has 102 valence electrons. The minimum atomic E-state index is -0.490. The number of thioether (sulfide) groups is 1. The van der Waals surface area contributed by atoms with Gasteiger partial charge < -0.3 is 20.3 Å². The summed E-state index contributed by atoms with van der Waals surface area (Å²) in [6.07, 6.45) is -0.490. The van der Waals surface area contributed by atoms with E-state index in [0.717, 1.165) is 15.1 Å². The fourth-order valence-electron chi connectivity index (χ4n) is 1.23. The summed E-state index contributed by atoms with van der Waals surface area (Å²) >= 11 is 5.00. The van der Waals surface area contributed by atoms with E-state index in [4.69, 9.17) is 15.2 Å². The van der Waals surface area contributed by atoms with Gasteiger partial charge in [-0.1, -0.05) is 0 Å². The monoisotopic (exact) mass is 335 g/mol. The van der Waals surface area contributed by atoms with Crippen molar-refractivity contribution in [3.63, 3.8) is 0 Å². The number of benzene rings is 1. The molecule has 0 aliphatic heterocycles. The number of rotatable bonds is 8. The first-order chi connectivity index (χ1) is 8.63. The van der Waals surface area contributed by atoms with Gasteiger partial charge in [-0.25, -0.2) is 0 Å². The van der Waals surface area contributed by atoms with E-state index < -0.39 is 6.10 Å². The van der Waals surface area contributed by atoms with E-state index in [1.165, 1.54) is 0 Å². The lowest BCUT2D eigenvalue weighted by Gasteiger charge is -2.11. The van der Waals surface area contributed by atoms with Crippen LogP contribution in [0.5, 0.6) is 0 Å². The Morgan fingerprint density at radius 2 is 2.22 bits per heavy atom. The zero-order valence-corrected chi connectivity index (χ0v) is 12.7. The van der Waals surface area contributed by atoms with E-state index in [2.05, 4.69) is 15.9 Å².